The minimum atomic E-state index is -0.184. The van der Waals surface area contributed by atoms with E-state index in [0.717, 1.165) is 4.88 Å². The Hall–Kier alpha value is -2.01. The molecule has 0 spiro atoms. The third-order valence-electron chi connectivity index (χ3n) is 2.32. The third-order valence-corrected chi connectivity index (χ3v) is 3.20. The highest BCUT2D eigenvalue weighted by molar-refractivity contribution is 7.09. The van der Waals surface area contributed by atoms with Crippen molar-refractivity contribution < 1.29 is 4.79 Å². The lowest BCUT2D eigenvalue weighted by Crippen LogP contribution is -2.23. The Bertz CT molecular complexity index is 523. The number of benzene rings is 1. The second-order valence-electron chi connectivity index (χ2n) is 3.61. The number of anilines is 2. The molecule has 0 saturated carbocycles. The number of carbonyl (C=O) groups excluding carboxylic acids is 1. The molecule has 2 rings (SSSR count). The Labute approximate surface area is 103 Å². The van der Waals surface area contributed by atoms with Gasteiger partial charge in [0.25, 0.3) is 5.91 Å². The predicted octanol–water partition coefficient (Wildman–Crippen LogP) is 1.84. The number of amides is 1. The van der Waals surface area contributed by atoms with Gasteiger partial charge < -0.3 is 16.8 Å². The molecule has 1 heterocycles. The fourth-order valence-corrected chi connectivity index (χ4v) is 2.11. The molecule has 0 fully saturated rings. The van der Waals surface area contributed by atoms with E-state index in [0.29, 0.717) is 23.5 Å². The van der Waals surface area contributed by atoms with Crippen LogP contribution in [-0.4, -0.2) is 5.91 Å². The second kappa shape index (κ2) is 4.88. The highest BCUT2D eigenvalue weighted by Crippen LogP contribution is 2.16. The molecule has 0 aliphatic heterocycles. The van der Waals surface area contributed by atoms with E-state index in [1.165, 1.54) is 0 Å². The van der Waals surface area contributed by atoms with E-state index in [1.807, 2.05) is 17.5 Å². The van der Waals surface area contributed by atoms with E-state index in [2.05, 4.69) is 5.32 Å². The highest BCUT2D eigenvalue weighted by atomic mass is 32.1. The standard InChI is InChI=1S/C12H13N3OS/c13-8-3-4-10(11(14)6-8)12(16)15-7-9-2-1-5-17-9/h1-6H,7,13-14H2,(H,15,16). The van der Waals surface area contributed by atoms with Crippen molar-refractivity contribution in [2.24, 2.45) is 0 Å². The summed E-state index contributed by atoms with van der Waals surface area (Å²) in [6.45, 7) is 0.514. The first-order valence-corrected chi connectivity index (χ1v) is 6.00. The summed E-state index contributed by atoms with van der Waals surface area (Å²) in [6.07, 6.45) is 0. The Balaban J connectivity index is 2.04. The second-order valence-corrected chi connectivity index (χ2v) is 4.64. The molecule has 4 nitrogen and oxygen atoms in total. The molecule has 1 aromatic heterocycles. The van der Waals surface area contributed by atoms with Gasteiger partial charge in [0.1, 0.15) is 0 Å². The lowest BCUT2D eigenvalue weighted by Gasteiger charge is -2.07. The Morgan fingerprint density at radius 1 is 1.29 bits per heavy atom. The van der Waals surface area contributed by atoms with Crippen LogP contribution in [0.5, 0.6) is 0 Å². The summed E-state index contributed by atoms with van der Waals surface area (Å²) in [5.74, 6) is -0.184. The molecule has 1 amide bonds. The van der Waals surface area contributed by atoms with Crippen molar-refractivity contribution in [1.82, 2.24) is 5.32 Å². The van der Waals surface area contributed by atoms with Gasteiger partial charge in [-0.2, -0.15) is 0 Å². The van der Waals surface area contributed by atoms with E-state index in [1.54, 1.807) is 29.5 Å². The summed E-state index contributed by atoms with van der Waals surface area (Å²) in [6, 6.07) is 8.80. The van der Waals surface area contributed by atoms with Crippen LogP contribution >= 0.6 is 11.3 Å². The average Bonchev–Trinajstić information content (AvgIpc) is 2.78. The number of hydrogen-bond donors (Lipinski definition) is 3. The molecule has 0 bridgehead atoms. The maximum absolute atomic E-state index is 11.8. The van der Waals surface area contributed by atoms with Gasteiger partial charge >= 0.3 is 0 Å². The molecule has 2 aromatic rings. The molecule has 1 aromatic carbocycles. The normalized spacial score (nSPS) is 10.1. The first kappa shape index (κ1) is 11.5. The number of nitrogens with one attached hydrogen (secondary N) is 1. The molecular formula is C12H13N3OS. The molecule has 88 valence electrons. The average molecular weight is 247 g/mol. The molecule has 0 unspecified atom stereocenters. The Kier molecular flexibility index (Phi) is 3.30. The van der Waals surface area contributed by atoms with Crippen molar-refractivity contribution in [3.8, 4) is 0 Å². The van der Waals surface area contributed by atoms with Crippen LogP contribution in [0.15, 0.2) is 35.7 Å². The molecule has 5 N–H and O–H groups in total. The van der Waals surface area contributed by atoms with Crippen molar-refractivity contribution in [1.29, 1.82) is 0 Å². The summed E-state index contributed by atoms with van der Waals surface area (Å²) in [4.78, 5) is 12.9. The van der Waals surface area contributed by atoms with Gasteiger partial charge in [-0.3, -0.25) is 4.79 Å². The van der Waals surface area contributed by atoms with Gasteiger partial charge in [0.15, 0.2) is 0 Å². The van der Waals surface area contributed by atoms with Crippen molar-refractivity contribution in [2.45, 2.75) is 6.54 Å². The summed E-state index contributed by atoms with van der Waals surface area (Å²) >= 11 is 1.60. The molecule has 0 aliphatic carbocycles. The molecule has 17 heavy (non-hydrogen) atoms. The molecule has 0 aliphatic rings. The van der Waals surface area contributed by atoms with Crippen LogP contribution in [0, 0.1) is 0 Å². The zero-order valence-electron chi connectivity index (χ0n) is 9.14. The van der Waals surface area contributed by atoms with Crippen LogP contribution in [0.2, 0.25) is 0 Å². The monoisotopic (exact) mass is 247 g/mol. The SMILES string of the molecule is Nc1ccc(C(=O)NCc2cccs2)c(N)c1. The zero-order valence-corrected chi connectivity index (χ0v) is 9.96. The minimum Gasteiger partial charge on any atom is -0.399 e. The summed E-state index contributed by atoms with van der Waals surface area (Å²) in [5, 5.41) is 4.78. The fraction of sp³-hybridized carbons (Fsp3) is 0.0833. The van der Waals surface area contributed by atoms with Gasteiger partial charge in [0, 0.05) is 16.3 Å². The lowest BCUT2D eigenvalue weighted by atomic mass is 10.1. The largest absolute Gasteiger partial charge is 0.399 e. The van der Waals surface area contributed by atoms with Gasteiger partial charge in [-0.1, -0.05) is 6.07 Å². The number of carbonyl (C=O) groups is 1. The van der Waals surface area contributed by atoms with E-state index < -0.39 is 0 Å². The molecule has 0 saturated heterocycles. The lowest BCUT2D eigenvalue weighted by molar-refractivity contribution is 0.0952. The third kappa shape index (κ3) is 2.76. The first-order chi connectivity index (χ1) is 8.16. The maximum Gasteiger partial charge on any atom is 0.253 e. The smallest absolute Gasteiger partial charge is 0.253 e. The van der Waals surface area contributed by atoms with Crippen LogP contribution in [0.1, 0.15) is 15.2 Å². The van der Waals surface area contributed by atoms with Gasteiger partial charge in [-0.15, -0.1) is 11.3 Å². The molecular weight excluding hydrogens is 234 g/mol. The molecule has 0 radical (unpaired) electrons. The van der Waals surface area contributed by atoms with Crippen LogP contribution in [0.25, 0.3) is 0 Å². The van der Waals surface area contributed by atoms with Gasteiger partial charge in [0.2, 0.25) is 0 Å². The van der Waals surface area contributed by atoms with E-state index in [9.17, 15) is 4.79 Å². The van der Waals surface area contributed by atoms with Gasteiger partial charge in [-0.25, -0.2) is 0 Å². The van der Waals surface area contributed by atoms with E-state index in [-0.39, 0.29) is 5.91 Å². The van der Waals surface area contributed by atoms with Crippen LogP contribution in [0.3, 0.4) is 0 Å². The van der Waals surface area contributed by atoms with Gasteiger partial charge in [0.05, 0.1) is 12.1 Å². The summed E-state index contributed by atoms with van der Waals surface area (Å²) in [5.41, 5.74) is 12.7. The highest BCUT2D eigenvalue weighted by Gasteiger charge is 2.09. The Morgan fingerprint density at radius 2 is 2.12 bits per heavy atom. The Morgan fingerprint density at radius 3 is 2.76 bits per heavy atom. The van der Waals surface area contributed by atoms with Crippen molar-refractivity contribution in [3.63, 3.8) is 0 Å². The number of hydrogen-bond acceptors (Lipinski definition) is 4. The van der Waals surface area contributed by atoms with Crippen LogP contribution < -0.4 is 16.8 Å². The van der Waals surface area contributed by atoms with Crippen LogP contribution in [-0.2, 0) is 6.54 Å². The maximum atomic E-state index is 11.8. The topological polar surface area (TPSA) is 81.1 Å². The number of nitrogens with two attached hydrogens (primary N) is 2. The first-order valence-electron chi connectivity index (χ1n) is 5.12. The summed E-state index contributed by atoms with van der Waals surface area (Å²) in [7, 11) is 0. The van der Waals surface area contributed by atoms with E-state index >= 15 is 0 Å². The van der Waals surface area contributed by atoms with Crippen molar-refractivity contribution >= 4 is 28.6 Å². The molecule has 5 heteroatoms. The van der Waals surface area contributed by atoms with Crippen molar-refractivity contribution in [2.75, 3.05) is 11.5 Å². The quantitative estimate of drug-likeness (QED) is 0.724. The van der Waals surface area contributed by atoms with E-state index in [4.69, 9.17) is 11.5 Å². The zero-order chi connectivity index (χ0) is 12.3. The minimum absolute atomic E-state index is 0.184. The van der Waals surface area contributed by atoms with Gasteiger partial charge in [-0.05, 0) is 29.6 Å². The fourth-order valence-electron chi connectivity index (χ4n) is 1.46. The summed E-state index contributed by atoms with van der Waals surface area (Å²) < 4.78 is 0. The molecule has 0 atom stereocenters. The predicted molar refractivity (Wildman–Crippen MR) is 70.8 cm³/mol. The van der Waals surface area contributed by atoms with Crippen LogP contribution in [0.4, 0.5) is 11.4 Å². The number of thiophene rings is 1. The number of rotatable bonds is 3. The van der Waals surface area contributed by atoms with Crippen molar-refractivity contribution in [3.05, 3.63) is 46.2 Å². The number of nitrogen functional groups attached to an aromatic ring is 2.